The van der Waals surface area contributed by atoms with Gasteiger partial charge in [0.25, 0.3) is 0 Å². The zero-order chi connectivity index (χ0) is 25.3. The number of fused-ring (bicyclic) bond motifs is 1. The predicted molar refractivity (Wildman–Crippen MR) is 133 cm³/mol. The Bertz CT molecular complexity index is 1490. The summed E-state index contributed by atoms with van der Waals surface area (Å²) in [7, 11) is -0.607. The number of aryl methyl sites for hydroxylation is 2. The number of sulfonamides is 1. The Balaban J connectivity index is 1.57. The fourth-order valence-electron chi connectivity index (χ4n) is 4.10. The third kappa shape index (κ3) is 4.71. The Hall–Kier alpha value is -3.50. The van der Waals surface area contributed by atoms with Crippen molar-refractivity contribution < 1.29 is 17.9 Å². The van der Waals surface area contributed by atoms with Crippen molar-refractivity contribution in [1.29, 1.82) is 0 Å². The maximum absolute atomic E-state index is 13.0. The van der Waals surface area contributed by atoms with Gasteiger partial charge in [0.1, 0.15) is 18.0 Å². The highest BCUT2D eigenvalue weighted by Crippen LogP contribution is 2.23. The molecule has 2 aromatic heterocycles. The number of imidazole rings is 1. The highest BCUT2D eigenvalue weighted by molar-refractivity contribution is 7.89. The van der Waals surface area contributed by atoms with E-state index in [9.17, 15) is 13.2 Å². The van der Waals surface area contributed by atoms with E-state index >= 15 is 0 Å². The van der Waals surface area contributed by atoms with E-state index in [0.717, 1.165) is 21.1 Å². The number of hydrogen-bond acceptors (Lipinski definition) is 6. The number of ether oxygens (including phenoxy) is 1. The van der Waals surface area contributed by atoms with Crippen LogP contribution in [0.1, 0.15) is 40.1 Å². The topological polar surface area (TPSA) is 99.3 Å². The van der Waals surface area contributed by atoms with E-state index in [1.165, 1.54) is 14.1 Å². The molecule has 0 aliphatic heterocycles. The van der Waals surface area contributed by atoms with E-state index < -0.39 is 16.0 Å². The molecule has 2 heterocycles. The van der Waals surface area contributed by atoms with Crippen LogP contribution in [-0.2, 0) is 34.5 Å². The van der Waals surface area contributed by atoms with Crippen LogP contribution in [0.2, 0.25) is 0 Å². The number of carbonyl (C=O) groups is 1. The van der Waals surface area contributed by atoms with E-state index in [-0.39, 0.29) is 11.5 Å². The summed E-state index contributed by atoms with van der Waals surface area (Å²) >= 11 is 0. The fraction of sp³-hybridized carbons (Fsp3) is 0.320. The molecular weight excluding hydrogens is 466 g/mol. The molecule has 4 aromatic rings. The molecule has 9 nitrogen and oxygen atoms in total. The molecule has 0 N–H and O–H groups in total. The van der Waals surface area contributed by atoms with Gasteiger partial charge in [-0.1, -0.05) is 30.3 Å². The lowest BCUT2D eigenvalue weighted by atomic mass is 10.2. The number of hydrogen-bond donors (Lipinski definition) is 0. The lowest BCUT2D eigenvalue weighted by Crippen LogP contribution is -2.22. The summed E-state index contributed by atoms with van der Waals surface area (Å²) in [6.45, 7) is 6.71. The Morgan fingerprint density at radius 2 is 1.80 bits per heavy atom. The Kier molecular flexibility index (Phi) is 6.77. The van der Waals surface area contributed by atoms with Gasteiger partial charge < -0.3 is 9.30 Å². The number of carbonyl (C=O) groups excluding carboxylic acids is 1. The minimum absolute atomic E-state index is 0.0418. The largest absolute Gasteiger partial charge is 0.454 e. The molecule has 0 atom stereocenters. The van der Waals surface area contributed by atoms with Gasteiger partial charge in [0.2, 0.25) is 10.0 Å². The van der Waals surface area contributed by atoms with Crippen LogP contribution in [0, 0.1) is 13.8 Å². The van der Waals surface area contributed by atoms with Crippen LogP contribution in [-0.4, -0.2) is 52.1 Å². The minimum Gasteiger partial charge on any atom is -0.454 e. The van der Waals surface area contributed by atoms with Gasteiger partial charge >= 0.3 is 5.97 Å². The summed E-state index contributed by atoms with van der Waals surface area (Å²) in [5.41, 5.74) is 4.18. The average Bonchev–Trinajstić information content (AvgIpc) is 3.33. The Labute approximate surface area is 205 Å². The number of aromatic nitrogens is 4. The van der Waals surface area contributed by atoms with E-state index in [1.807, 2.05) is 48.7 Å². The van der Waals surface area contributed by atoms with Crippen molar-refractivity contribution in [1.82, 2.24) is 23.6 Å². The molecule has 0 saturated carbocycles. The zero-order valence-electron chi connectivity index (χ0n) is 20.5. The van der Waals surface area contributed by atoms with E-state index in [1.54, 1.807) is 29.8 Å². The maximum atomic E-state index is 13.0. The average molecular weight is 496 g/mol. The molecule has 0 amide bonds. The van der Waals surface area contributed by atoms with Gasteiger partial charge in [-0.2, -0.15) is 5.10 Å². The summed E-state index contributed by atoms with van der Waals surface area (Å²) in [6.07, 6.45) is 0. The normalized spacial score (nSPS) is 11.9. The molecule has 0 aliphatic rings. The van der Waals surface area contributed by atoms with Crippen molar-refractivity contribution in [3.8, 4) is 0 Å². The maximum Gasteiger partial charge on any atom is 0.342 e. The summed E-state index contributed by atoms with van der Waals surface area (Å²) in [6, 6.07) is 14.8. The van der Waals surface area contributed by atoms with E-state index in [4.69, 9.17) is 4.74 Å². The lowest BCUT2D eigenvalue weighted by molar-refractivity contribution is 0.0457. The zero-order valence-corrected chi connectivity index (χ0v) is 21.3. The van der Waals surface area contributed by atoms with Crippen molar-refractivity contribution in [2.45, 2.75) is 45.4 Å². The van der Waals surface area contributed by atoms with Crippen LogP contribution in [0.4, 0.5) is 0 Å². The molecule has 0 fully saturated rings. The van der Waals surface area contributed by atoms with Crippen LogP contribution < -0.4 is 0 Å². The Morgan fingerprint density at radius 1 is 1.09 bits per heavy atom. The minimum atomic E-state index is -3.58. The second-order valence-electron chi connectivity index (χ2n) is 8.48. The predicted octanol–water partition coefficient (Wildman–Crippen LogP) is 3.53. The molecule has 184 valence electrons. The van der Waals surface area contributed by atoms with Gasteiger partial charge in [-0.05, 0) is 44.5 Å². The molecule has 35 heavy (non-hydrogen) atoms. The number of nitrogens with zero attached hydrogens (tertiary/aromatic N) is 5. The monoisotopic (exact) mass is 495 g/mol. The second-order valence-corrected chi connectivity index (χ2v) is 10.6. The highest BCUT2D eigenvalue weighted by atomic mass is 32.2. The van der Waals surface area contributed by atoms with Crippen molar-refractivity contribution in [2.24, 2.45) is 0 Å². The van der Waals surface area contributed by atoms with Crippen molar-refractivity contribution in [3.05, 3.63) is 76.9 Å². The molecule has 0 bridgehead atoms. The van der Waals surface area contributed by atoms with Crippen molar-refractivity contribution in [3.63, 3.8) is 0 Å². The molecule has 0 saturated heterocycles. The molecule has 0 unspecified atom stereocenters. The molecule has 0 spiro atoms. The summed E-state index contributed by atoms with van der Waals surface area (Å²) in [5.74, 6) is 0.0760. The number of esters is 1. The summed E-state index contributed by atoms with van der Waals surface area (Å²) in [5, 5.41) is 4.53. The first-order chi connectivity index (χ1) is 16.6. The van der Waals surface area contributed by atoms with Gasteiger partial charge in [-0.25, -0.2) is 22.5 Å². The van der Waals surface area contributed by atoms with Gasteiger partial charge in [-0.15, -0.1) is 0 Å². The molecular formula is C25H29N5O4S. The molecule has 0 radical (unpaired) electrons. The lowest BCUT2D eigenvalue weighted by Gasteiger charge is -2.11. The molecule has 2 aromatic carbocycles. The first kappa shape index (κ1) is 24.6. The first-order valence-corrected chi connectivity index (χ1v) is 12.7. The number of rotatable bonds is 8. The Morgan fingerprint density at radius 3 is 2.46 bits per heavy atom. The van der Waals surface area contributed by atoms with Crippen LogP contribution in [0.25, 0.3) is 11.0 Å². The van der Waals surface area contributed by atoms with E-state index in [2.05, 4.69) is 10.1 Å². The smallest absolute Gasteiger partial charge is 0.342 e. The van der Waals surface area contributed by atoms with Crippen LogP contribution in [0.15, 0.2) is 53.4 Å². The second kappa shape index (κ2) is 9.63. The van der Waals surface area contributed by atoms with Crippen LogP contribution in [0.3, 0.4) is 0 Å². The molecule has 10 heteroatoms. The van der Waals surface area contributed by atoms with Crippen molar-refractivity contribution in [2.75, 3.05) is 14.1 Å². The van der Waals surface area contributed by atoms with Crippen LogP contribution >= 0.6 is 0 Å². The van der Waals surface area contributed by atoms with Crippen LogP contribution in [0.5, 0.6) is 0 Å². The van der Waals surface area contributed by atoms with Gasteiger partial charge in [0.05, 0.1) is 33.9 Å². The van der Waals surface area contributed by atoms with Crippen molar-refractivity contribution >= 4 is 27.0 Å². The van der Waals surface area contributed by atoms with Gasteiger partial charge in [0.15, 0.2) is 0 Å². The number of benzene rings is 2. The van der Waals surface area contributed by atoms with E-state index in [0.29, 0.717) is 35.7 Å². The third-order valence-corrected chi connectivity index (χ3v) is 7.80. The van der Waals surface area contributed by atoms with Gasteiger partial charge in [-0.3, -0.25) is 4.68 Å². The quantitative estimate of drug-likeness (QED) is 0.347. The van der Waals surface area contributed by atoms with Gasteiger partial charge in [0, 0.05) is 20.6 Å². The SMILES string of the molecule is CCn1c(COC(=O)c2c(C)nn(Cc3ccccc3)c2C)nc2cc(S(=O)(=O)N(C)C)ccc21. The summed E-state index contributed by atoms with van der Waals surface area (Å²) < 4.78 is 35.5. The first-order valence-electron chi connectivity index (χ1n) is 11.3. The molecule has 0 aliphatic carbocycles. The third-order valence-electron chi connectivity index (χ3n) is 5.99. The highest BCUT2D eigenvalue weighted by Gasteiger charge is 2.23. The molecule has 4 rings (SSSR count). The fourth-order valence-corrected chi connectivity index (χ4v) is 5.02. The standard InChI is InChI=1S/C25H29N5O4S/c1-6-29-22-13-12-20(35(32,33)28(4)5)14-21(22)26-23(29)16-34-25(31)24-17(2)27-30(18(24)3)15-19-10-8-7-9-11-19/h7-14H,6,15-16H2,1-5H3. The summed E-state index contributed by atoms with van der Waals surface area (Å²) in [4.78, 5) is 17.7.